The molecule has 0 aromatic carbocycles. The van der Waals surface area contributed by atoms with E-state index in [2.05, 4.69) is 10.6 Å². The van der Waals surface area contributed by atoms with E-state index in [1.54, 1.807) is 5.32 Å². The van der Waals surface area contributed by atoms with Crippen molar-refractivity contribution >= 4 is 33.5 Å². The zero-order valence-electron chi connectivity index (χ0n) is 23.4. The van der Waals surface area contributed by atoms with Crippen molar-refractivity contribution in [1.82, 2.24) is 20.9 Å². The minimum Gasteiger partial charge on any atom is -0.356 e. The van der Waals surface area contributed by atoms with Gasteiger partial charge in [0.15, 0.2) is 0 Å². The van der Waals surface area contributed by atoms with Gasteiger partial charge in [0.05, 0.1) is 6.04 Å². The number of fused-ring (bicyclic) bond motifs is 1. The third-order valence-corrected chi connectivity index (χ3v) is 8.63. The van der Waals surface area contributed by atoms with Gasteiger partial charge in [0.25, 0.3) is 0 Å². The maximum atomic E-state index is 14.5. The molecule has 3 N–H and O–H groups in total. The van der Waals surface area contributed by atoms with Crippen LogP contribution in [0.25, 0.3) is 0 Å². The highest BCUT2D eigenvalue weighted by Gasteiger charge is 2.59. The Morgan fingerprint density at radius 2 is 1.76 bits per heavy atom. The van der Waals surface area contributed by atoms with Gasteiger partial charge in [-0.05, 0) is 36.2 Å². The van der Waals surface area contributed by atoms with Gasteiger partial charge in [0, 0.05) is 38.1 Å². The maximum Gasteiger partial charge on any atom is 0.471 e. The molecule has 0 radical (unpaired) electrons. The quantitative estimate of drug-likeness (QED) is 0.349. The number of carbonyl (C=O) groups is 4. The van der Waals surface area contributed by atoms with Crippen molar-refractivity contribution in [3.63, 3.8) is 0 Å². The second-order valence-electron chi connectivity index (χ2n) is 12.3. The second kappa shape index (κ2) is 11.7. The molecule has 0 bridgehead atoms. The molecule has 238 valence electrons. The van der Waals surface area contributed by atoms with E-state index in [0.717, 1.165) is 4.90 Å². The Hall–Kier alpha value is -2.85. The highest BCUT2D eigenvalue weighted by molar-refractivity contribution is 7.94. The van der Waals surface area contributed by atoms with Crippen LogP contribution in [0.1, 0.15) is 46.5 Å². The average Bonchev–Trinajstić information content (AvgIpc) is 3.45. The van der Waals surface area contributed by atoms with Gasteiger partial charge < -0.3 is 20.9 Å². The van der Waals surface area contributed by atoms with Crippen LogP contribution in [0, 0.1) is 23.2 Å². The number of likely N-dealkylation sites (tertiary alicyclic amines) is 1. The zero-order chi connectivity index (χ0) is 32.0. The Morgan fingerprint density at radius 3 is 2.26 bits per heavy atom. The van der Waals surface area contributed by atoms with E-state index < -0.39 is 111 Å². The maximum absolute atomic E-state index is 14.5. The van der Waals surface area contributed by atoms with Crippen molar-refractivity contribution in [3.8, 4) is 0 Å². The molecule has 6 atom stereocenters. The first-order valence-electron chi connectivity index (χ1n) is 13.2. The third kappa shape index (κ3) is 7.75. The summed E-state index contributed by atoms with van der Waals surface area (Å²) in [7, 11) is -4.36. The number of carbonyl (C=O) groups excluding carboxylic acids is 4. The van der Waals surface area contributed by atoms with Crippen molar-refractivity contribution < 1.29 is 53.9 Å². The van der Waals surface area contributed by atoms with Crippen molar-refractivity contribution in [2.45, 2.75) is 76.7 Å². The van der Waals surface area contributed by atoms with E-state index in [1.807, 2.05) is 0 Å². The summed E-state index contributed by atoms with van der Waals surface area (Å²) in [6.45, 7) is 3.97. The van der Waals surface area contributed by atoms with Crippen LogP contribution in [0.2, 0.25) is 0 Å². The fourth-order valence-corrected chi connectivity index (χ4v) is 6.19. The van der Waals surface area contributed by atoms with Gasteiger partial charge in [-0.25, -0.2) is 17.2 Å². The molecule has 0 aromatic rings. The lowest BCUT2D eigenvalue weighted by molar-refractivity contribution is -0.176. The van der Waals surface area contributed by atoms with Crippen LogP contribution in [-0.2, 0) is 29.0 Å². The molecule has 3 fully saturated rings. The summed E-state index contributed by atoms with van der Waals surface area (Å²) in [6, 6.07) is -4.87. The smallest absolute Gasteiger partial charge is 0.356 e. The zero-order valence-corrected chi connectivity index (χ0v) is 24.2. The average molecular weight is 633 g/mol. The first-order chi connectivity index (χ1) is 19.0. The van der Waals surface area contributed by atoms with E-state index in [0.29, 0.717) is 12.3 Å². The van der Waals surface area contributed by atoms with Gasteiger partial charge in [0.1, 0.15) is 12.1 Å². The predicted molar refractivity (Wildman–Crippen MR) is 136 cm³/mol. The van der Waals surface area contributed by atoms with Crippen LogP contribution < -0.4 is 16.0 Å². The summed E-state index contributed by atoms with van der Waals surface area (Å²) in [5.74, 6) is -11.0. The van der Waals surface area contributed by atoms with Crippen molar-refractivity contribution in [2.75, 3.05) is 19.3 Å². The van der Waals surface area contributed by atoms with Crippen molar-refractivity contribution in [1.29, 1.82) is 0 Å². The summed E-state index contributed by atoms with van der Waals surface area (Å²) < 4.78 is 106. The molecule has 2 saturated heterocycles. The molecule has 1 saturated carbocycles. The predicted octanol–water partition coefficient (Wildman–Crippen LogP) is 1.82. The number of alkyl halides is 5. The molecular formula is C25H34F6N4O6S. The van der Waals surface area contributed by atoms with Crippen LogP contribution in [-0.4, -0.2) is 86.5 Å². The number of sulfone groups is 1. The number of hydrogen-bond acceptors (Lipinski definition) is 6. The first-order valence-corrected chi connectivity index (χ1v) is 15.1. The second-order valence-corrected chi connectivity index (χ2v) is 14.2. The largest absolute Gasteiger partial charge is 0.471 e. The monoisotopic (exact) mass is 632 g/mol. The molecule has 3 aliphatic rings. The van der Waals surface area contributed by atoms with Crippen LogP contribution in [0.3, 0.4) is 0 Å². The molecule has 0 spiro atoms. The van der Waals surface area contributed by atoms with E-state index in [4.69, 9.17) is 0 Å². The molecule has 1 aliphatic carbocycles. The first kappa shape index (κ1) is 33.6. The Kier molecular flexibility index (Phi) is 9.36. The molecule has 4 amide bonds. The van der Waals surface area contributed by atoms with Gasteiger partial charge in [-0.2, -0.15) is 17.6 Å². The lowest BCUT2D eigenvalue weighted by Gasteiger charge is -2.37. The Labute approximate surface area is 238 Å². The molecule has 3 rings (SSSR count). The molecule has 2 heterocycles. The fraction of sp³-hybridized carbons (Fsp3) is 0.760. The Balaban J connectivity index is 1.97. The van der Waals surface area contributed by atoms with Gasteiger partial charge >= 0.3 is 12.1 Å². The van der Waals surface area contributed by atoms with Gasteiger partial charge in [0.2, 0.25) is 38.6 Å². The van der Waals surface area contributed by atoms with Crippen LogP contribution in [0.4, 0.5) is 26.3 Å². The SMILES string of the molecule is CC(C)(C)[C@H](NC(=O)C(F)(F)F)C(=O)N1C[C@@H]2CC(F)(F)C[C@@H]2[C@H]1C(=O)N[C@H](/C=C(\F)S(C)(=O)=O)C[C@@H]1CCNC1=O. The van der Waals surface area contributed by atoms with E-state index in [-0.39, 0.29) is 19.4 Å². The third-order valence-electron chi connectivity index (χ3n) is 7.79. The van der Waals surface area contributed by atoms with E-state index in [9.17, 15) is 53.9 Å². The molecular weight excluding hydrogens is 598 g/mol. The molecule has 42 heavy (non-hydrogen) atoms. The van der Waals surface area contributed by atoms with Gasteiger partial charge in [-0.1, -0.05) is 20.8 Å². The lowest BCUT2D eigenvalue weighted by Crippen LogP contribution is -2.60. The highest BCUT2D eigenvalue weighted by Crippen LogP contribution is 2.50. The van der Waals surface area contributed by atoms with Gasteiger partial charge in [-0.15, -0.1) is 0 Å². The van der Waals surface area contributed by atoms with Crippen LogP contribution >= 0.6 is 0 Å². The number of nitrogens with zero attached hydrogens (tertiary/aromatic N) is 1. The summed E-state index contributed by atoms with van der Waals surface area (Å²) in [5.41, 5.74) is -1.31. The molecule has 2 aliphatic heterocycles. The Bertz CT molecular complexity index is 1250. The van der Waals surface area contributed by atoms with Crippen LogP contribution in [0.15, 0.2) is 11.2 Å². The molecule has 10 nitrogen and oxygen atoms in total. The topological polar surface area (TPSA) is 142 Å². The normalized spacial score (nSPS) is 27.7. The minimum absolute atomic E-state index is 0.252. The summed E-state index contributed by atoms with van der Waals surface area (Å²) in [5, 5.41) is 4.95. The number of hydrogen-bond donors (Lipinski definition) is 3. The molecule has 0 unspecified atom stereocenters. The fourth-order valence-electron chi connectivity index (χ4n) is 5.78. The highest BCUT2D eigenvalue weighted by atomic mass is 32.2. The minimum atomic E-state index is -5.33. The van der Waals surface area contributed by atoms with Crippen molar-refractivity contribution in [2.24, 2.45) is 23.2 Å². The molecule has 0 aromatic heterocycles. The number of rotatable bonds is 8. The lowest BCUT2D eigenvalue weighted by atomic mass is 9.85. The standard InChI is InChI=1S/C25H34F6N4O6S/c1-23(2,3)18(34-22(39)25(29,30)31)21(38)35-11-13-9-24(27,28)10-15(13)17(35)20(37)33-14(8-16(26)42(4,40)41)7-12-5-6-32-19(12)36/h8,12-15,17-18H,5-7,9-11H2,1-4H3,(H,32,36)(H,33,37)(H,34,39)/b16-8+/t12-,13-,14-,15-,17-,18+/m0/s1. The number of halogens is 6. The van der Waals surface area contributed by atoms with E-state index >= 15 is 0 Å². The Morgan fingerprint density at radius 1 is 1.14 bits per heavy atom. The molecule has 17 heteroatoms. The summed E-state index contributed by atoms with van der Waals surface area (Å²) in [6.07, 6.45) is -5.67. The summed E-state index contributed by atoms with van der Waals surface area (Å²) in [4.78, 5) is 52.0. The van der Waals surface area contributed by atoms with Gasteiger partial charge in [-0.3, -0.25) is 19.2 Å². The number of amides is 4. The number of nitrogens with one attached hydrogen (secondary N) is 3. The van der Waals surface area contributed by atoms with Crippen molar-refractivity contribution in [3.05, 3.63) is 11.2 Å². The van der Waals surface area contributed by atoms with E-state index in [1.165, 1.54) is 20.8 Å². The van der Waals surface area contributed by atoms with Crippen LogP contribution in [0.5, 0.6) is 0 Å². The summed E-state index contributed by atoms with van der Waals surface area (Å²) >= 11 is 0.